The molecule has 1 unspecified atom stereocenters. The highest BCUT2D eigenvalue weighted by molar-refractivity contribution is 9.10. The second kappa shape index (κ2) is 6.12. The Morgan fingerprint density at radius 1 is 1.26 bits per heavy atom. The van der Waals surface area contributed by atoms with Gasteiger partial charge in [0.2, 0.25) is 5.88 Å². The molecule has 19 heavy (non-hydrogen) atoms. The van der Waals surface area contributed by atoms with E-state index in [1.807, 2.05) is 19.2 Å². The summed E-state index contributed by atoms with van der Waals surface area (Å²) in [5.74, 6) is 0.543. The Balaban J connectivity index is 2.53. The zero-order chi connectivity index (χ0) is 13.8. The molecule has 0 bridgehead atoms. The fraction of sp³-hybridized carbons (Fsp3) is 0.286. The summed E-state index contributed by atoms with van der Waals surface area (Å²) in [6.45, 7) is 2.08. The van der Waals surface area contributed by atoms with Gasteiger partial charge in [-0.1, -0.05) is 28.1 Å². The smallest absolute Gasteiger partial charge is 0.237 e. The fourth-order valence-electron chi connectivity index (χ4n) is 2.07. The van der Waals surface area contributed by atoms with Crippen molar-refractivity contribution in [2.75, 3.05) is 14.2 Å². The van der Waals surface area contributed by atoms with Gasteiger partial charge in [0, 0.05) is 16.9 Å². The normalized spacial score (nSPS) is 12.2. The number of halogens is 1. The van der Waals surface area contributed by atoms with Crippen molar-refractivity contribution in [3.63, 3.8) is 0 Å². The second-order valence-corrected chi connectivity index (χ2v) is 4.98. The molecule has 2 aromatic rings. The minimum Gasteiger partial charge on any atom is -0.480 e. The number of rotatable bonds is 4. The maximum atomic E-state index is 5.29. The van der Waals surface area contributed by atoms with Crippen molar-refractivity contribution in [3.8, 4) is 5.88 Å². The maximum Gasteiger partial charge on any atom is 0.237 e. The standard InChI is InChI=1S/C14H16BrN3O/c1-9-10(5-4-6-11(9)15)12(16-2)13-14(19-3)18-8-7-17-13/h4-8,12,16H,1-3H3. The van der Waals surface area contributed by atoms with Crippen molar-refractivity contribution in [3.05, 3.63) is 51.9 Å². The molecule has 0 spiro atoms. The molecule has 0 aliphatic carbocycles. The molecular weight excluding hydrogens is 306 g/mol. The molecule has 0 fully saturated rings. The van der Waals surface area contributed by atoms with Crippen LogP contribution in [0.25, 0.3) is 0 Å². The van der Waals surface area contributed by atoms with Gasteiger partial charge in [0.05, 0.1) is 13.2 Å². The van der Waals surface area contributed by atoms with Crippen LogP contribution < -0.4 is 10.1 Å². The molecule has 1 heterocycles. The monoisotopic (exact) mass is 321 g/mol. The van der Waals surface area contributed by atoms with Gasteiger partial charge in [-0.15, -0.1) is 0 Å². The Kier molecular flexibility index (Phi) is 4.50. The number of nitrogens with zero attached hydrogens (tertiary/aromatic N) is 2. The molecule has 2 rings (SSSR count). The predicted octanol–water partition coefficient (Wildman–Crippen LogP) is 2.86. The van der Waals surface area contributed by atoms with Crippen molar-refractivity contribution in [1.29, 1.82) is 0 Å². The van der Waals surface area contributed by atoms with Gasteiger partial charge < -0.3 is 10.1 Å². The lowest BCUT2D eigenvalue weighted by atomic mass is 9.99. The van der Waals surface area contributed by atoms with Crippen LogP contribution >= 0.6 is 15.9 Å². The lowest BCUT2D eigenvalue weighted by molar-refractivity contribution is 0.384. The summed E-state index contributed by atoms with van der Waals surface area (Å²) in [4.78, 5) is 8.61. The van der Waals surface area contributed by atoms with Crippen LogP contribution in [0.15, 0.2) is 35.1 Å². The zero-order valence-electron chi connectivity index (χ0n) is 11.1. The van der Waals surface area contributed by atoms with Crippen LogP contribution in [0.1, 0.15) is 22.9 Å². The van der Waals surface area contributed by atoms with Gasteiger partial charge in [-0.2, -0.15) is 0 Å². The second-order valence-electron chi connectivity index (χ2n) is 4.13. The summed E-state index contributed by atoms with van der Waals surface area (Å²) in [6.07, 6.45) is 3.30. The van der Waals surface area contributed by atoms with Gasteiger partial charge in [0.1, 0.15) is 5.69 Å². The first-order valence-electron chi connectivity index (χ1n) is 5.96. The van der Waals surface area contributed by atoms with Gasteiger partial charge >= 0.3 is 0 Å². The first-order valence-corrected chi connectivity index (χ1v) is 6.75. The van der Waals surface area contributed by atoms with Crippen molar-refractivity contribution in [2.45, 2.75) is 13.0 Å². The fourth-order valence-corrected chi connectivity index (χ4v) is 2.45. The molecule has 1 atom stereocenters. The number of nitrogens with one attached hydrogen (secondary N) is 1. The summed E-state index contributed by atoms with van der Waals surface area (Å²) in [5, 5.41) is 3.27. The first kappa shape index (κ1) is 14.0. The molecule has 0 amide bonds. The van der Waals surface area contributed by atoms with E-state index >= 15 is 0 Å². The minimum absolute atomic E-state index is 0.0545. The Morgan fingerprint density at radius 3 is 2.68 bits per heavy atom. The van der Waals surface area contributed by atoms with Gasteiger partial charge in [0.25, 0.3) is 0 Å². The lowest BCUT2D eigenvalue weighted by Gasteiger charge is -2.20. The Labute approximate surface area is 121 Å². The first-order chi connectivity index (χ1) is 9.19. The highest BCUT2D eigenvalue weighted by atomic mass is 79.9. The Hall–Kier alpha value is -1.46. The number of methoxy groups -OCH3 is 1. The number of hydrogen-bond acceptors (Lipinski definition) is 4. The molecule has 5 heteroatoms. The van der Waals surface area contributed by atoms with Gasteiger partial charge in [-0.3, -0.25) is 4.98 Å². The van der Waals surface area contributed by atoms with E-state index in [9.17, 15) is 0 Å². The van der Waals surface area contributed by atoms with E-state index in [4.69, 9.17) is 4.74 Å². The summed E-state index contributed by atoms with van der Waals surface area (Å²) in [7, 11) is 3.51. The molecule has 0 saturated heterocycles. The molecule has 0 radical (unpaired) electrons. The molecule has 4 nitrogen and oxygen atoms in total. The van der Waals surface area contributed by atoms with E-state index in [0.717, 1.165) is 15.7 Å². The van der Waals surface area contributed by atoms with Crippen molar-refractivity contribution in [2.24, 2.45) is 0 Å². The number of hydrogen-bond donors (Lipinski definition) is 1. The molecule has 0 aliphatic rings. The predicted molar refractivity (Wildman–Crippen MR) is 78.4 cm³/mol. The van der Waals surface area contributed by atoms with Crippen LogP contribution in [0.3, 0.4) is 0 Å². The summed E-state index contributed by atoms with van der Waals surface area (Å²) < 4.78 is 6.37. The highest BCUT2D eigenvalue weighted by Gasteiger charge is 2.21. The van der Waals surface area contributed by atoms with E-state index in [1.54, 1.807) is 19.5 Å². The average molecular weight is 322 g/mol. The quantitative estimate of drug-likeness (QED) is 0.940. The van der Waals surface area contributed by atoms with Gasteiger partial charge in [0.15, 0.2) is 0 Å². The van der Waals surface area contributed by atoms with E-state index in [0.29, 0.717) is 5.88 Å². The SMILES string of the molecule is CNC(c1cccc(Br)c1C)c1nccnc1OC. The van der Waals surface area contributed by atoms with Crippen LogP contribution in [-0.2, 0) is 0 Å². The number of aromatic nitrogens is 2. The van der Waals surface area contributed by atoms with E-state index in [-0.39, 0.29) is 6.04 Å². The largest absolute Gasteiger partial charge is 0.480 e. The van der Waals surface area contributed by atoms with Crippen LogP contribution in [0, 0.1) is 6.92 Å². The van der Waals surface area contributed by atoms with E-state index in [2.05, 4.69) is 44.2 Å². The zero-order valence-corrected chi connectivity index (χ0v) is 12.7. The third-order valence-corrected chi connectivity index (χ3v) is 3.93. The van der Waals surface area contributed by atoms with Gasteiger partial charge in [-0.25, -0.2) is 4.98 Å². The number of benzene rings is 1. The summed E-state index contributed by atoms with van der Waals surface area (Å²) in [6, 6.07) is 6.06. The topological polar surface area (TPSA) is 47.0 Å². The number of ether oxygens (including phenoxy) is 1. The molecule has 1 aromatic heterocycles. The Morgan fingerprint density at radius 2 is 2.00 bits per heavy atom. The molecule has 100 valence electrons. The molecule has 0 saturated carbocycles. The lowest BCUT2D eigenvalue weighted by Crippen LogP contribution is -2.21. The molecule has 1 aromatic carbocycles. The third kappa shape index (κ3) is 2.77. The van der Waals surface area contributed by atoms with Crippen LogP contribution in [0.5, 0.6) is 5.88 Å². The summed E-state index contributed by atoms with van der Waals surface area (Å²) in [5.41, 5.74) is 3.11. The van der Waals surface area contributed by atoms with Crippen molar-refractivity contribution >= 4 is 15.9 Å². The molecular formula is C14H16BrN3O. The highest BCUT2D eigenvalue weighted by Crippen LogP contribution is 2.30. The maximum absolute atomic E-state index is 5.29. The average Bonchev–Trinajstić information content (AvgIpc) is 2.45. The molecule has 0 aliphatic heterocycles. The van der Waals surface area contributed by atoms with E-state index in [1.165, 1.54) is 5.56 Å². The van der Waals surface area contributed by atoms with Crippen LogP contribution in [-0.4, -0.2) is 24.1 Å². The third-order valence-electron chi connectivity index (χ3n) is 3.07. The van der Waals surface area contributed by atoms with Crippen molar-refractivity contribution < 1.29 is 4.74 Å². The van der Waals surface area contributed by atoms with Crippen molar-refractivity contribution in [1.82, 2.24) is 15.3 Å². The van der Waals surface area contributed by atoms with Gasteiger partial charge in [-0.05, 0) is 31.2 Å². The minimum atomic E-state index is -0.0545. The molecule has 1 N–H and O–H groups in total. The summed E-state index contributed by atoms with van der Waals surface area (Å²) >= 11 is 3.56. The Bertz CT molecular complexity index is 574. The van der Waals surface area contributed by atoms with Crippen LogP contribution in [0.4, 0.5) is 0 Å². The van der Waals surface area contributed by atoms with Crippen LogP contribution in [0.2, 0.25) is 0 Å². The van der Waals surface area contributed by atoms with E-state index < -0.39 is 0 Å².